The van der Waals surface area contributed by atoms with Crippen LogP contribution in [0.15, 0.2) is 46.9 Å². The van der Waals surface area contributed by atoms with Crippen LogP contribution in [0.3, 0.4) is 0 Å². The minimum atomic E-state index is 0.139. The van der Waals surface area contributed by atoms with E-state index in [4.69, 9.17) is 9.47 Å². The molecule has 1 aliphatic heterocycles. The highest BCUT2D eigenvalue weighted by Crippen LogP contribution is 2.40. The van der Waals surface area contributed by atoms with Gasteiger partial charge < -0.3 is 9.47 Å². The molecule has 0 aliphatic carbocycles. The maximum absolute atomic E-state index is 6.11. The lowest BCUT2D eigenvalue weighted by atomic mass is 9.97. The monoisotopic (exact) mass is 318 g/mol. The molecule has 0 amide bonds. The summed E-state index contributed by atoms with van der Waals surface area (Å²) < 4.78 is 12.4. The van der Waals surface area contributed by atoms with Crippen molar-refractivity contribution in [1.29, 1.82) is 0 Å². The second-order valence-corrected chi connectivity index (χ2v) is 5.50. The molecule has 0 N–H and O–H groups in total. The number of fused-ring (bicyclic) bond motifs is 1. The summed E-state index contributed by atoms with van der Waals surface area (Å²) >= 11 is 3.52. The molecule has 0 fully saturated rings. The van der Waals surface area contributed by atoms with Gasteiger partial charge in [0.1, 0.15) is 17.6 Å². The molecular weight excluding hydrogens is 304 g/mol. The summed E-state index contributed by atoms with van der Waals surface area (Å²) in [6.07, 6.45) is 2.17. The predicted octanol–water partition coefficient (Wildman–Crippen LogP) is 4.52. The molecule has 19 heavy (non-hydrogen) atoms. The first-order chi connectivity index (χ1) is 9.28. The maximum Gasteiger partial charge on any atom is 0.136 e. The molecule has 0 radical (unpaired) electrons. The Morgan fingerprint density at radius 2 is 2.00 bits per heavy atom. The Bertz CT molecular complexity index is 581. The van der Waals surface area contributed by atoms with E-state index < -0.39 is 0 Å². The van der Waals surface area contributed by atoms with E-state index in [0.717, 1.165) is 28.8 Å². The fourth-order valence-electron chi connectivity index (χ4n) is 2.44. The van der Waals surface area contributed by atoms with Crippen LogP contribution < -0.4 is 9.47 Å². The molecule has 3 heteroatoms. The van der Waals surface area contributed by atoms with Gasteiger partial charge in [-0.1, -0.05) is 30.3 Å². The van der Waals surface area contributed by atoms with Crippen LogP contribution in [0.1, 0.15) is 23.7 Å². The molecular formula is C16H15BrO2. The highest BCUT2D eigenvalue weighted by atomic mass is 79.9. The molecule has 2 aromatic rings. The Balaban J connectivity index is 1.91. The molecule has 0 bridgehead atoms. The summed E-state index contributed by atoms with van der Waals surface area (Å²) in [5.74, 6) is 1.74. The van der Waals surface area contributed by atoms with Crippen LogP contribution in [0.25, 0.3) is 0 Å². The standard InChI is InChI=1S/C16H15BrO2/c1-18-16-10-15-12(9-13(16)17)7-8-14(19-15)11-5-3-2-4-6-11/h2-6,9-10,14H,7-8H2,1H3. The van der Waals surface area contributed by atoms with Gasteiger partial charge in [0.2, 0.25) is 0 Å². The lowest BCUT2D eigenvalue weighted by molar-refractivity contribution is 0.176. The fraction of sp³-hybridized carbons (Fsp3) is 0.250. The Morgan fingerprint density at radius 3 is 2.74 bits per heavy atom. The average Bonchev–Trinajstić information content (AvgIpc) is 2.47. The molecule has 2 nitrogen and oxygen atoms in total. The lowest BCUT2D eigenvalue weighted by Gasteiger charge is -2.27. The third-order valence-corrected chi connectivity index (χ3v) is 4.07. The van der Waals surface area contributed by atoms with Crippen molar-refractivity contribution >= 4 is 15.9 Å². The molecule has 1 aliphatic rings. The summed E-state index contributed by atoms with van der Waals surface area (Å²) in [5, 5.41) is 0. The number of rotatable bonds is 2. The lowest BCUT2D eigenvalue weighted by Crippen LogP contribution is -2.15. The zero-order chi connectivity index (χ0) is 13.2. The third-order valence-electron chi connectivity index (χ3n) is 3.45. The second kappa shape index (κ2) is 5.25. The van der Waals surface area contributed by atoms with Gasteiger partial charge in [-0.05, 0) is 46.0 Å². The van der Waals surface area contributed by atoms with Gasteiger partial charge in [-0.15, -0.1) is 0 Å². The number of hydrogen-bond donors (Lipinski definition) is 0. The first-order valence-electron chi connectivity index (χ1n) is 6.36. The van der Waals surface area contributed by atoms with E-state index >= 15 is 0 Å². The van der Waals surface area contributed by atoms with Crippen molar-refractivity contribution < 1.29 is 9.47 Å². The number of hydrogen-bond acceptors (Lipinski definition) is 2. The highest BCUT2D eigenvalue weighted by Gasteiger charge is 2.22. The maximum atomic E-state index is 6.11. The van der Waals surface area contributed by atoms with E-state index in [-0.39, 0.29) is 6.10 Å². The summed E-state index contributed by atoms with van der Waals surface area (Å²) in [5.41, 5.74) is 2.47. The van der Waals surface area contributed by atoms with Gasteiger partial charge in [-0.25, -0.2) is 0 Å². The Hall–Kier alpha value is -1.48. The Morgan fingerprint density at radius 1 is 1.21 bits per heavy atom. The van der Waals surface area contributed by atoms with E-state index in [9.17, 15) is 0 Å². The van der Waals surface area contributed by atoms with Crippen molar-refractivity contribution in [1.82, 2.24) is 0 Å². The summed E-state index contributed by atoms with van der Waals surface area (Å²) in [7, 11) is 1.67. The van der Waals surface area contributed by atoms with Gasteiger partial charge in [-0.3, -0.25) is 0 Å². The van der Waals surface area contributed by atoms with Gasteiger partial charge in [0.05, 0.1) is 11.6 Å². The van der Waals surface area contributed by atoms with Crippen molar-refractivity contribution in [3.05, 3.63) is 58.1 Å². The topological polar surface area (TPSA) is 18.5 Å². The normalized spacial score (nSPS) is 17.5. The molecule has 0 saturated carbocycles. The number of aryl methyl sites for hydroxylation is 1. The minimum Gasteiger partial charge on any atom is -0.495 e. The van der Waals surface area contributed by atoms with E-state index in [0.29, 0.717) is 0 Å². The molecule has 98 valence electrons. The summed E-state index contributed by atoms with van der Waals surface area (Å²) in [4.78, 5) is 0. The van der Waals surface area contributed by atoms with E-state index in [1.54, 1.807) is 7.11 Å². The van der Waals surface area contributed by atoms with Crippen molar-refractivity contribution in [3.63, 3.8) is 0 Å². The predicted molar refractivity (Wildman–Crippen MR) is 78.8 cm³/mol. The first kappa shape index (κ1) is 12.5. The smallest absolute Gasteiger partial charge is 0.136 e. The average molecular weight is 319 g/mol. The fourth-order valence-corrected chi connectivity index (χ4v) is 2.99. The van der Waals surface area contributed by atoms with Crippen LogP contribution in [-0.2, 0) is 6.42 Å². The number of halogens is 1. The Labute approximate surface area is 121 Å². The quantitative estimate of drug-likeness (QED) is 0.810. The number of methoxy groups -OCH3 is 1. The van der Waals surface area contributed by atoms with Crippen LogP contribution >= 0.6 is 15.9 Å². The summed E-state index contributed by atoms with van der Waals surface area (Å²) in [6, 6.07) is 14.4. The summed E-state index contributed by atoms with van der Waals surface area (Å²) in [6.45, 7) is 0. The molecule has 0 aromatic heterocycles. The molecule has 0 saturated heterocycles. The van der Waals surface area contributed by atoms with E-state index in [2.05, 4.69) is 46.3 Å². The van der Waals surface area contributed by atoms with Gasteiger partial charge in [0, 0.05) is 6.07 Å². The number of benzene rings is 2. The van der Waals surface area contributed by atoms with Crippen molar-refractivity contribution in [3.8, 4) is 11.5 Å². The van der Waals surface area contributed by atoms with Crippen LogP contribution in [0.5, 0.6) is 11.5 Å². The number of ether oxygens (including phenoxy) is 2. The van der Waals surface area contributed by atoms with Crippen LogP contribution in [0.4, 0.5) is 0 Å². The Kier molecular flexibility index (Phi) is 3.47. The van der Waals surface area contributed by atoms with E-state index in [1.807, 2.05) is 12.1 Å². The van der Waals surface area contributed by atoms with E-state index in [1.165, 1.54) is 11.1 Å². The molecule has 0 spiro atoms. The van der Waals surface area contributed by atoms with Gasteiger partial charge in [0.15, 0.2) is 0 Å². The van der Waals surface area contributed by atoms with Gasteiger partial charge in [0.25, 0.3) is 0 Å². The van der Waals surface area contributed by atoms with Crippen molar-refractivity contribution in [2.75, 3.05) is 7.11 Å². The molecule has 2 aromatic carbocycles. The zero-order valence-electron chi connectivity index (χ0n) is 10.7. The highest BCUT2D eigenvalue weighted by molar-refractivity contribution is 9.10. The second-order valence-electron chi connectivity index (χ2n) is 4.65. The van der Waals surface area contributed by atoms with Crippen molar-refractivity contribution in [2.24, 2.45) is 0 Å². The van der Waals surface area contributed by atoms with Gasteiger partial charge >= 0.3 is 0 Å². The SMILES string of the molecule is COc1cc2c(cc1Br)CCC(c1ccccc1)O2. The van der Waals surface area contributed by atoms with Gasteiger partial charge in [-0.2, -0.15) is 0 Å². The largest absolute Gasteiger partial charge is 0.495 e. The first-order valence-corrected chi connectivity index (χ1v) is 7.15. The zero-order valence-corrected chi connectivity index (χ0v) is 12.3. The van der Waals surface area contributed by atoms with Crippen LogP contribution in [-0.4, -0.2) is 7.11 Å². The third kappa shape index (κ3) is 2.47. The molecule has 3 rings (SSSR count). The van der Waals surface area contributed by atoms with Crippen molar-refractivity contribution in [2.45, 2.75) is 18.9 Å². The van der Waals surface area contributed by atoms with Crippen LogP contribution in [0.2, 0.25) is 0 Å². The van der Waals surface area contributed by atoms with Crippen LogP contribution in [0, 0.1) is 0 Å². The molecule has 1 unspecified atom stereocenters. The molecule has 1 heterocycles. The molecule has 1 atom stereocenters. The minimum absolute atomic E-state index is 0.139.